The van der Waals surface area contributed by atoms with E-state index in [1.807, 2.05) is 25.1 Å². The van der Waals surface area contributed by atoms with Gasteiger partial charge in [0.25, 0.3) is 5.91 Å². The molecule has 7 nitrogen and oxygen atoms in total. The molecule has 0 radical (unpaired) electrons. The van der Waals surface area contributed by atoms with Gasteiger partial charge in [0.1, 0.15) is 11.6 Å². The van der Waals surface area contributed by atoms with Crippen molar-refractivity contribution in [1.82, 2.24) is 20.3 Å². The summed E-state index contributed by atoms with van der Waals surface area (Å²) in [5.41, 5.74) is 4.19. The molecule has 2 aromatic heterocycles. The number of imidazole rings is 1. The van der Waals surface area contributed by atoms with E-state index in [1.165, 1.54) is 0 Å². The van der Waals surface area contributed by atoms with E-state index in [4.69, 9.17) is 4.74 Å². The average molecular weight is 402 g/mol. The number of hydrogen-bond acceptors (Lipinski definition) is 5. The van der Waals surface area contributed by atoms with Crippen molar-refractivity contribution >= 4 is 16.9 Å². The van der Waals surface area contributed by atoms with Crippen molar-refractivity contribution in [2.24, 2.45) is 0 Å². The molecule has 0 saturated heterocycles. The lowest BCUT2D eigenvalue weighted by atomic mass is 10.0. The number of fused-ring (bicyclic) bond motifs is 1. The summed E-state index contributed by atoms with van der Waals surface area (Å²) in [4.78, 5) is 24.3. The van der Waals surface area contributed by atoms with E-state index < -0.39 is 0 Å². The van der Waals surface area contributed by atoms with Crippen LogP contribution in [0.4, 0.5) is 0 Å². The maximum absolute atomic E-state index is 12.2. The first kappa shape index (κ1) is 19.4. The summed E-state index contributed by atoms with van der Waals surface area (Å²) in [6.45, 7) is 2.63. The van der Waals surface area contributed by atoms with E-state index in [2.05, 4.69) is 20.3 Å². The Hall–Kier alpha value is -3.87. The molecule has 0 aliphatic heterocycles. The number of phenols is 1. The minimum absolute atomic E-state index is 0.0987. The molecule has 7 heteroatoms. The number of aromatic nitrogens is 3. The molecule has 2 aromatic carbocycles. The Morgan fingerprint density at radius 3 is 2.83 bits per heavy atom. The Bertz CT molecular complexity index is 1220. The van der Waals surface area contributed by atoms with Crippen molar-refractivity contribution in [3.8, 4) is 34.1 Å². The van der Waals surface area contributed by atoms with E-state index in [9.17, 15) is 9.90 Å². The molecule has 0 bridgehead atoms. The quantitative estimate of drug-likeness (QED) is 0.450. The number of methoxy groups -OCH3 is 1. The van der Waals surface area contributed by atoms with Gasteiger partial charge in [0.15, 0.2) is 0 Å². The van der Waals surface area contributed by atoms with Gasteiger partial charge < -0.3 is 20.1 Å². The number of carbonyl (C=O) groups excluding carboxylic acids is 1. The van der Waals surface area contributed by atoms with Crippen LogP contribution in [0.1, 0.15) is 23.7 Å². The minimum Gasteiger partial charge on any atom is -0.507 e. The molecule has 0 spiro atoms. The number of H-pyrrole nitrogens is 1. The molecule has 0 aliphatic carbocycles. The van der Waals surface area contributed by atoms with Crippen LogP contribution in [0.15, 0.2) is 54.7 Å². The Labute approximate surface area is 173 Å². The molecule has 0 fully saturated rings. The summed E-state index contributed by atoms with van der Waals surface area (Å²) in [6.07, 6.45) is 2.54. The molecule has 4 aromatic rings. The molecule has 2 heterocycles. The molecule has 30 heavy (non-hydrogen) atoms. The Morgan fingerprint density at radius 2 is 2.03 bits per heavy atom. The number of amides is 1. The van der Waals surface area contributed by atoms with Crippen molar-refractivity contribution in [2.45, 2.75) is 13.3 Å². The van der Waals surface area contributed by atoms with E-state index in [-0.39, 0.29) is 11.7 Å². The number of aromatic hydroxyl groups is 1. The van der Waals surface area contributed by atoms with E-state index in [0.29, 0.717) is 34.9 Å². The number of hydrogen-bond donors (Lipinski definition) is 3. The van der Waals surface area contributed by atoms with Crippen LogP contribution >= 0.6 is 0 Å². The largest absolute Gasteiger partial charge is 0.507 e. The Balaban J connectivity index is 1.74. The molecule has 1 amide bonds. The highest BCUT2D eigenvalue weighted by atomic mass is 16.5. The van der Waals surface area contributed by atoms with Crippen molar-refractivity contribution < 1.29 is 14.6 Å². The number of rotatable bonds is 6. The SMILES string of the molecule is CCCNC(=O)c1ccc2nc(-c3cc(-c4cccnc4OC)ccc3O)[nH]c2c1. The second-order valence-corrected chi connectivity index (χ2v) is 6.87. The monoisotopic (exact) mass is 402 g/mol. The summed E-state index contributed by atoms with van der Waals surface area (Å²) in [7, 11) is 1.57. The fraction of sp³-hybridized carbons (Fsp3) is 0.174. The maximum Gasteiger partial charge on any atom is 0.251 e. The predicted octanol–water partition coefficient (Wildman–Crippen LogP) is 4.15. The number of pyridine rings is 1. The molecule has 3 N–H and O–H groups in total. The number of aromatic amines is 1. The topological polar surface area (TPSA) is 100 Å². The third-order valence-corrected chi connectivity index (χ3v) is 4.81. The highest BCUT2D eigenvalue weighted by molar-refractivity contribution is 5.97. The van der Waals surface area contributed by atoms with Gasteiger partial charge >= 0.3 is 0 Å². The predicted molar refractivity (Wildman–Crippen MR) is 116 cm³/mol. The van der Waals surface area contributed by atoms with Crippen LogP contribution in [-0.2, 0) is 0 Å². The minimum atomic E-state index is -0.122. The number of benzene rings is 2. The van der Waals surface area contributed by atoms with Crippen LogP contribution in [0, 0.1) is 0 Å². The summed E-state index contributed by atoms with van der Waals surface area (Å²) in [6, 6.07) is 14.3. The molecule has 0 unspecified atom stereocenters. The van der Waals surface area contributed by atoms with Gasteiger partial charge in [0.05, 0.1) is 23.7 Å². The number of carbonyl (C=O) groups is 1. The van der Waals surface area contributed by atoms with Crippen LogP contribution in [0.3, 0.4) is 0 Å². The normalized spacial score (nSPS) is 10.9. The highest BCUT2D eigenvalue weighted by Gasteiger charge is 2.15. The standard InChI is InChI=1S/C23H22N4O3/c1-3-10-24-22(29)15-6-8-18-19(13-15)27-21(26-18)17-12-14(7-9-20(17)28)16-5-4-11-25-23(16)30-2/h4-9,11-13,28H,3,10H2,1-2H3,(H,24,29)(H,26,27). The van der Waals surface area contributed by atoms with Crippen LogP contribution in [0.2, 0.25) is 0 Å². The zero-order valence-corrected chi connectivity index (χ0v) is 16.8. The number of phenolic OH excluding ortho intramolecular Hbond substituents is 1. The van der Waals surface area contributed by atoms with Crippen LogP contribution in [0.5, 0.6) is 11.6 Å². The first-order valence-electron chi connectivity index (χ1n) is 9.71. The van der Waals surface area contributed by atoms with Gasteiger partial charge in [-0.1, -0.05) is 13.0 Å². The third-order valence-electron chi connectivity index (χ3n) is 4.81. The average Bonchev–Trinajstić information content (AvgIpc) is 3.21. The molecule has 152 valence electrons. The van der Waals surface area contributed by atoms with E-state index >= 15 is 0 Å². The van der Waals surface area contributed by atoms with Crippen LogP contribution in [-0.4, -0.2) is 39.6 Å². The van der Waals surface area contributed by atoms with E-state index in [0.717, 1.165) is 23.1 Å². The smallest absolute Gasteiger partial charge is 0.251 e. The lowest BCUT2D eigenvalue weighted by Gasteiger charge is -2.09. The van der Waals surface area contributed by atoms with Crippen molar-refractivity contribution in [3.63, 3.8) is 0 Å². The fourth-order valence-corrected chi connectivity index (χ4v) is 3.29. The summed E-state index contributed by atoms with van der Waals surface area (Å²) < 4.78 is 5.35. The fourth-order valence-electron chi connectivity index (χ4n) is 3.29. The first-order valence-corrected chi connectivity index (χ1v) is 9.71. The number of nitrogens with one attached hydrogen (secondary N) is 2. The van der Waals surface area contributed by atoms with Gasteiger partial charge in [0.2, 0.25) is 5.88 Å². The third kappa shape index (κ3) is 3.69. The van der Waals surface area contributed by atoms with Gasteiger partial charge in [-0.15, -0.1) is 0 Å². The molecular weight excluding hydrogens is 380 g/mol. The second kappa shape index (κ2) is 8.24. The van der Waals surface area contributed by atoms with Crippen LogP contribution < -0.4 is 10.1 Å². The van der Waals surface area contributed by atoms with Gasteiger partial charge in [-0.05, 0) is 54.4 Å². The van der Waals surface area contributed by atoms with Crippen molar-refractivity contribution in [1.29, 1.82) is 0 Å². The van der Waals surface area contributed by atoms with Gasteiger partial charge in [0, 0.05) is 23.9 Å². The molecule has 4 rings (SSSR count). The number of ether oxygens (including phenoxy) is 1. The van der Waals surface area contributed by atoms with Gasteiger partial charge in [-0.3, -0.25) is 4.79 Å². The second-order valence-electron chi connectivity index (χ2n) is 6.87. The first-order chi connectivity index (χ1) is 14.6. The molecule has 0 atom stereocenters. The molecule has 0 aliphatic rings. The highest BCUT2D eigenvalue weighted by Crippen LogP contribution is 2.35. The maximum atomic E-state index is 12.2. The molecule has 0 saturated carbocycles. The van der Waals surface area contributed by atoms with Gasteiger partial charge in [-0.2, -0.15) is 0 Å². The summed E-state index contributed by atoms with van der Waals surface area (Å²) in [5.74, 6) is 0.991. The van der Waals surface area contributed by atoms with Crippen LogP contribution in [0.25, 0.3) is 33.5 Å². The Morgan fingerprint density at radius 1 is 1.17 bits per heavy atom. The number of nitrogens with zero attached hydrogens (tertiary/aromatic N) is 2. The van der Waals surface area contributed by atoms with Crippen molar-refractivity contribution in [2.75, 3.05) is 13.7 Å². The summed E-state index contributed by atoms with van der Waals surface area (Å²) in [5, 5.41) is 13.3. The lowest BCUT2D eigenvalue weighted by molar-refractivity contribution is 0.0954. The van der Waals surface area contributed by atoms with Gasteiger partial charge in [-0.25, -0.2) is 9.97 Å². The zero-order chi connectivity index (χ0) is 21.1. The lowest BCUT2D eigenvalue weighted by Crippen LogP contribution is -2.23. The van der Waals surface area contributed by atoms with Crippen molar-refractivity contribution in [3.05, 3.63) is 60.3 Å². The summed E-state index contributed by atoms with van der Waals surface area (Å²) >= 11 is 0. The zero-order valence-electron chi connectivity index (χ0n) is 16.8. The Kier molecular flexibility index (Phi) is 5.34. The van der Waals surface area contributed by atoms with E-state index in [1.54, 1.807) is 43.6 Å². The molecular formula is C23H22N4O3.